The number of thiophene rings is 1. The molecule has 11 heteroatoms. The van der Waals surface area contributed by atoms with E-state index in [-0.39, 0.29) is 23.3 Å². The van der Waals surface area contributed by atoms with Crippen LogP contribution >= 0.6 is 11.3 Å². The van der Waals surface area contributed by atoms with Gasteiger partial charge in [-0.1, -0.05) is 6.92 Å². The van der Waals surface area contributed by atoms with Crippen LogP contribution in [0.25, 0.3) is 64.9 Å². The molecule has 35 heavy (non-hydrogen) atoms. The van der Waals surface area contributed by atoms with E-state index in [2.05, 4.69) is 30.1 Å². The maximum atomic E-state index is 16.0. The van der Waals surface area contributed by atoms with Crippen LogP contribution in [0.1, 0.15) is 18.1 Å². The van der Waals surface area contributed by atoms with Gasteiger partial charge in [0.2, 0.25) is 5.91 Å². The zero-order chi connectivity index (χ0) is 23.7. The number of aromatic amines is 2. The van der Waals surface area contributed by atoms with Crippen molar-refractivity contribution < 1.29 is 9.18 Å². The van der Waals surface area contributed by atoms with Crippen molar-refractivity contribution >= 4 is 70.9 Å². The molecule has 2 N–H and O–H groups in total. The molecule has 7 rings (SSSR count). The molecular weight excluding hydrogens is 467 g/mol. The minimum absolute atomic E-state index is 0.111. The second-order valence-electron chi connectivity index (χ2n) is 8.06. The zero-order valence-corrected chi connectivity index (χ0v) is 19.0. The average Bonchev–Trinajstić information content (AvgIpc) is 3.62. The highest BCUT2D eigenvalue weighted by Crippen LogP contribution is 2.34. The summed E-state index contributed by atoms with van der Waals surface area (Å²) in [6.07, 6.45) is 6.56. The van der Waals surface area contributed by atoms with Crippen LogP contribution in [0.2, 0.25) is 0 Å². The Labute approximate surface area is 199 Å². The fraction of sp³-hybridized carbons (Fsp3) is 0.0833. The molecule has 0 saturated carbocycles. The molecule has 0 spiro atoms. The Morgan fingerprint density at radius 3 is 2.89 bits per heavy atom. The third-order valence-electron chi connectivity index (χ3n) is 6.03. The highest BCUT2D eigenvalue weighted by molar-refractivity contribution is 7.24. The summed E-state index contributed by atoms with van der Waals surface area (Å²) < 4.78 is 18.4. The van der Waals surface area contributed by atoms with E-state index in [4.69, 9.17) is 4.98 Å². The van der Waals surface area contributed by atoms with E-state index in [1.54, 1.807) is 42.2 Å². The standard InChI is InChI=1S/C24H15FN8OS/c1-2-16(34)33-12-7-11(8-26-9-12)13-10-28-23-18(19(13)25)22(31-32-23)24-29-14-5-6-27-21(20(14)30-24)15-3-4-17(33)35-15/h3-10,31H,2H2,1H3,(H,28,32). The van der Waals surface area contributed by atoms with E-state index in [1.165, 1.54) is 17.5 Å². The topological polar surface area (TPSA) is 118 Å². The highest BCUT2D eigenvalue weighted by Gasteiger charge is 2.21. The van der Waals surface area contributed by atoms with Crippen LogP contribution < -0.4 is 0 Å². The fourth-order valence-electron chi connectivity index (χ4n) is 4.37. The van der Waals surface area contributed by atoms with Crippen LogP contribution in [0.15, 0.2) is 49.1 Å². The molecule has 9 nitrogen and oxygen atoms in total. The number of fused-ring (bicyclic) bond motifs is 9. The molecule has 0 fully saturated rings. The zero-order valence-electron chi connectivity index (χ0n) is 18.2. The number of hydrogen-bond donors (Lipinski definition) is 2. The second-order valence-corrected chi connectivity index (χ2v) is 9.12. The van der Waals surface area contributed by atoms with E-state index in [0.29, 0.717) is 49.3 Å². The molecule has 0 radical (unpaired) electrons. The number of halogens is 1. The number of rotatable bonds is 1. The number of carbonyl (C=O) groups is 1. The number of nitrogens with one attached hydrogen (secondary N) is 2. The summed E-state index contributed by atoms with van der Waals surface area (Å²) in [6.45, 7) is 1.80. The molecule has 0 saturated heterocycles. The van der Waals surface area contributed by atoms with Crippen molar-refractivity contribution in [1.82, 2.24) is 39.7 Å². The Hall–Kier alpha value is -4.51. The first-order valence-corrected chi connectivity index (χ1v) is 11.7. The van der Waals surface area contributed by atoms with Crippen LogP contribution in [0.4, 0.5) is 4.39 Å². The van der Waals surface area contributed by atoms with Gasteiger partial charge in [-0.25, -0.2) is 19.3 Å². The number of pyridine rings is 3. The van der Waals surface area contributed by atoms with Crippen molar-refractivity contribution in [2.45, 2.75) is 13.3 Å². The predicted octanol–water partition coefficient (Wildman–Crippen LogP) is 5.37. The maximum Gasteiger partial charge on any atom is 0.231 e. The number of imidazole rings is 1. The minimum atomic E-state index is -0.491. The van der Waals surface area contributed by atoms with E-state index in [0.717, 1.165) is 4.70 Å². The smallest absolute Gasteiger partial charge is 0.231 e. The number of H-pyrrole nitrogens is 2. The van der Waals surface area contributed by atoms with E-state index < -0.39 is 5.82 Å². The van der Waals surface area contributed by atoms with Crippen molar-refractivity contribution in [3.05, 3.63) is 54.9 Å². The lowest BCUT2D eigenvalue weighted by atomic mass is 10.1. The SMILES string of the molecule is CCC(=O)n1c2cncc(c2)c2cnc3[nH][nH]c(c4nc5ccnc(c6ccc1s6)c5n4)-c3c2F. The quantitative estimate of drug-likeness (QED) is 0.325. The number of aromatic nitrogens is 8. The minimum Gasteiger partial charge on any atom is -0.295 e. The van der Waals surface area contributed by atoms with Crippen LogP contribution in [-0.2, 0) is 0 Å². The van der Waals surface area contributed by atoms with Crippen molar-refractivity contribution in [3.63, 3.8) is 0 Å². The first-order valence-electron chi connectivity index (χ1n) is 10.9. The normalized spacial score (nSPS) is 11.9. The first kappa shape index (κ1) is 19.9. The molecule has 0 atom stereocenters. The third kappa shape index (κ3) is 2.85. The van der Waals surface area contributed by atoms with E-state index in [9.17, 15) is 4.79 Å². The van der Waals surface area contributed by atoms with Crippen molar-refractivity contribution in [1.29, 1.82) is 0 Å². The Bertz CT molecular complexity index is 2000. The Morgan fingerprint density at radius 1 is 1.09 bits per heavy atom. The second kappa shape index (κ2) is 7.24. The summed E-state index contributed by atoms with van der Waals surface area (Å²) in [6, 6.07) is 7.31. The average molecular weight is 483 g/mol. The molecule has 2 aliphatic heterocycles. The predicted molar refractivity (Wildman–Crippen MR) is 133 cm³/mol. The molecule has 0 aromatic carbocycles. The van der Waals surface area contributed by atoms with Gasteiger partial charge in [0, 0.05) is 35.8 Å². The Balaban J connectivity index is 1.78. The number of hydrogen-bond acceptors (Lipinski definition) is 7. The van der Waals surface area contributed by atoms with Crippen molar-refractivity contribution in [2.75, 3.05) is 0 Å². The molecule has 5 aromatic rings. The largest absolute Gasteiger partial charge is 0.295 e. The van der Waals surface area contributed by atoms with Gasteiger partial charge in [0.25, 0.3) is 0 Å². The molecule has 2 aliphatic rings. The lowest BCUT2D eigenvalue weighted by Gasteiger charge is -2.06. The molecule has 0 unspecified atom stereocenters. The van der Waals surface area contributed by atoms with Crippen molar-refractivity contribution in [2.24, 2.45) is 0 Å². The van der Waals surface area contributed by atoms with Crippen LogP contribution in [-0.4, -0.2) is 45.6 Å². The fourth-order valence-corrected chi connectivity index (χ4v) is 5.41. The first-order chi connectivity index (χ1) is 17.1. The van der Waals surface area contributed by atoms with E-state index >= 15 is 4.39 Å². The van der Waals surface area contributed by atoms with Gasteiger partial charge in [-0.15, -0.1) is 11.3 Å². The van der Waals surface area contributed by atoms with Gasteiger partial charge < -0.3 is 0 Å². The number of nitrogens with zero attached hydrogens (tertiary/aromatic N) is 6. The molecule has 8 bridgehead atoms. The van der Waals surface area contributed by atoms with Crippen molar-refractivity contribution in [3.8, 4) is 11.3 Å². The molecule has 7 heterocycles. The van der Waals surface area contributed by atoms with Crippen LogP contribution in [0.5, 0.6) is 0 Å². The highest BCUT2D eigenvalue weighted by atomic mass is 32.1. The van der Waals surface area contributed by atoms with Crippen LogP contribution in [0.3, 0.4) is 0 Å². The maximum absolute atomic E-state index is 16.0. The molecule has 5 aromatic heterocycles. The summed E-state index contributed by atoms with van der Waals surface area (Å²) in [7, 11) is 0. The lowest BCUT2D eigenvalue weighted by molar-refractivity contribution is 0.0918. The molecule has 0 aliphatic carbocycles. The summed E-state index contributed by atoms with van der Waals surface area (Å²) >= 11 is 1.42. The van der Waals surface area contributed by atoms with Gasteiger partial charge in [0.05, 0.1) is 27.5 Å². The van der Waals surface area contributed by atoms with Gasteiger partial charge in [-0.3, -0.25) is 29.5 Å². The van der Waals surface area contributed by atoms with Gasteiger partial charge in [0.1, 0.15) is 27.4 Å². The Kier molecular flexibility index (Phi) is 4.12. The summed E-state index contributed by atoms with van der Waals surface area (Å²) in [5, 5.41) is 6.64. The van der Waals surface area contributed by atoms with Gasteiger partial charge in [-0.05, 0) is 24.3 Å². The summed E-state index contributed by atoms with van der Waals surface area (Å²) in [5.74, 6) is -0.602. The number of carbonyl (C=O) groups excluding carboxylic acids is 1. The summed E-state index contributed by atoms with van der Waals surface area (Å²) in [5.41, 5.74) is 3.71. The molecular formula is C24H15FN8OS. The van der Waals surface area contributed by atoms with Gasteiger partial charge in [0.15, 0.2) is 11.3 Å². The molecule has 170 valence electrons. The Morgan fingerprint density at radius 2 is 2.00 bits per heavy atom. The van der Waals surface area contributed by atoms with E-state index in [1.807, 2.05) is 12.1 Å². The summed E-state index contributed by atoms with van der Waals surface area (Å²) in [4.78, 5) is 36.4. The molecule has 0 amide bonds. The monoisotopic (exact) mass is 482 g/mol. The lowest BCUT2D eigenvalue weighted by Crippen LogP contribution is -2.09. The van der Waals surface area contributed by atoms with Gasteiger partial charge >= 0.3 is 0 Å². The third-order valence-corrected chi connectivity index (χ3v) is 7.11. The van der Waals surface area contributed by atoms with Crippen LogP contribution in [0, 0.1) is 5.82 Å². The van der Waals surface area contributed by atoms with Gasteiger partial charge in [-0.2, -0.15) is 0 Å².